The Bertz CT molecular complexity index is 833. The van der Waals surface area contributed by atoms with E-state index < -0.39 is 0 Å². The summed E-state index contributed by atoms with van der Waals surface area (Å²) in [6.07, 6.45) is 1.15. The molecule has 1 fully saturated rings. The molecule has 1 saturated heterocycles. The van der Waals surface area contributed by atoms with Crippen molar-refractivity contribution in [2.24, 2.45) is 0 Å². The molecule has 1 aromatic heterocycles. The van der Waals surface area contributed by atoms with E-state index in [1.165, 1.54) is 18.3 Å². The standard InChI is InChI=1S/C19H21FN4O3/c1-3-27-19(26)24-10-8-23(9-11-24)18(25)16-12-21-17(22-13(16)2)14-4-6-15(20)7-5-14/h4-7,12H,3,8-11H2,1-2H3. The van der Waals surface area contributed by atoms with Gasteiger partial charge in [-0.3, -0.25) is 4.79 Å². The Morgan fingerprint density at radius 2 is 1.74 bits per heavy atom. The van der Waals surface area contributed by atoms with Gasteiger partial charge in [-0.25, -0.2) is 19.2 Å². The van der Waals surface area contributed by atoms with Gasteiger partial charge < -0.3 is 14.5 Å². The van der Waals surface area contributed by atoms with Gasteiger partial charge in [0.2, 0.25) is 0 Å². The number of amides is 2. The number of aromatic nitrogens is 2. The highest BCUT2D eigenvalue weighted by Gasteiger charge is 2.26. The van der Waals surface area contributed by atoms with Gasteiger partial charge in [-0.05, 0) is 38.1 Å². The summed E-state index contributed by atoms with van der Waals surface area (Å²) < 4.78 is 18.0. The Labute approximate surface area is 156 Å². The van der Waals surface area contributed by atoms with E-state index in [-0.39, 0.29) is 17.8 Å². The molecule has 0 atom stereocenters. The minimum Gasteiger partial charge on any atom is -0.450 e. The van der Waals surface area contributed by atoms with Crippen LogP contribution >= 0.6 is 0 Å². The zero-order chi connectivity index (χ0) is 19.4. The molecule has 2 aromatic rings. The number of hydrogen-bond donors (Lipinski definition) is 0. The molecule has 0 N–H and O–H groups in total. The van der Waals surface area contributed by atoms with Gasteiger partial charge in [0.05, 0.1) is 17.9 Å². The molecule has 1 aromatic carbocycles. The molecule has 0 radical (unpaired) electrons. The maximum absolute atomic E-state index is 13.1. The van der Waals surface area contributed by atoms with E-state index in [1.54, 1.807) is 35.8 Å². The first-order valence-electron chi connectivity index (χ1n) is 8.80. The van der Waals surface area contributed by atoms with Gasteiger partial charge in [0.1, 0.15) is 5.82 Å². The highest BCUT2D eigenvalue weighted by Crippen LogP contribution is 2.18. The Morgan fingerprint density at radius 3 is 2.33 bits per heavy atom. The molecule has 0 unspecified atom stereocenters. The summed E-state index contributed by atoms with van der Waals surface area (Å²) in [5.74, 6) is -0.0536. The van der Waals surface area contributed by atoms with Gasteiger partial charge in [0, 0.05) is 37.9 Å². The maximum atomic E-state index is 13.1. The van der Waals surface area contributed by atoms with Gasteiger partial charge >= 0.3 is 6.09 Å². The lowest BCUT2D eigenvalue weighted by Gasteiger charge is -2.34. The van der Waals surface area contributed by atoms with Crippen LogP contribution in [0.1, 0.15) is 23.0 Å². The van der Waals surface area contributed by atoms with E-state index in [0.29, 0.717) is 55.4 Å². The first-order valence-corrected chi connectivity index (χ1v) is 8.80. The summed E-state index contributed by atoms with van der Waals surface area (Å²) in [7, 11) is 0. The minimum atomic E-state index is -0.354. The summed E-state index contributed by atoms with van der Waals surface area (Å²) >= 11 is 0. The zero-order valence-corrected chi connectivity index (χ0v) is 15.3. The van der Waals surface area contributed by atoms with Gasteiger partial charge in [-0.1, -0.05) is 0 Å². The molecule has 27 heavy (non-hydrogen) atoms. The smallest absolute Gasteiger partial charge is 0.409 e. The topological polar surface area (TPSA) is 75.6 Å². The number of piperazine rings is 1. The van der Waals surface area contributed by atoms with Crippen LogP contribution in [0.3, 0.4) is 0 Å². The van der Waals surface area contributed by atoms with Crippen LogP contribution in [0.25, 0.3) is 11.4 Å². The van der Waals surface area contributed by atoms with Crippen molar-refractivity contribution >= 4 is 12.0 Å². The zero-order valence-electron chi connectivity index (χ0n) is 15.3. The molecule has 1 aliphatic heterocycles. The van der Waals surface area contributed by atoms with Crippen LogP contribution in [0.5, 0.6) is 0 Å². The monoisotopic (exact) mass is 372 g/mol. The van der Waals surface area contributed by atoms with Gasteiger partial charge in [0.15, 0.2) is 5.82 Å². The molecule has 8 heteroatoms. The van der Waals surface area contributed by atoms with Crippen molar-refractivity contribution in [3.05, 3.63) is 47.5 Å². The summed E-state index contributed by atoms with van der Waals surface area (Å²) in [4.78, 5) is 36.4. The van der Waals surface area contributed by atoms with Gasteiger partial charge in [-0.15, -0.1) is 0 Å². The predicted octanol–water partition coefficient (Wildman–Crippen LogP) is 2.51. The molecule has 0 bridgehead atoms. The van der Waals surface area contributed by atoms with Crippen LogP contribution in [0.15, 0.2) is 30.5 Å². The van der Waals surface area contributed by atoms with Crippen molar-refractivity contribution in [2.45, 2.75) is 13.8 Å². The molecule has 7 nitrogen and oxygen atoms in total. The maximum Gasteiger partial charge on any atom is 0.409 e. The fourth-order valence-electron chi connectivity index (χ4n) is 2.89. The van der Waals surface area contributed by atoms with Crippen LogP contribution in [0.2, 0.25) is 0 Å². The van der Waals surface area contributed by atoms with E-state index in [1.807, 2.05) is 0 Å². The normalized spacial score (nSPS) is 14.2. The van der Waals surface area contributed by atoms with Crippen LogP contribution < -0.4 is 0 Å². The molecule has 2 amide bonds. The number of carbonyl (C=O) groups is 2. The fourth-order valence-corrected chi connectivity index (χ4v) is 2.89. The average Bonchev–Trinajstić information content (AvgIpc) is 2.68. The number of hydrogen-bond acceptors (Lipinski definition) is 5. The third kappa shape index (κ3) is 4.21. The molecule has 0 saturated carbocycles. The Kier molecular flexibility index (Phi) is 5.63. The first-order chi connectivity index (χ1) is 13.0. The second-order valence-corrected chi connectivity index (χ2v) is 6.18. The summed E-state index contributed by atoms with van der Waals surface area (Å²) in [6, 6.07) is 5.88. The molecule has 1 aliphatic rings. The van der Waals surface area contributed by atoms with Crippen LogP contribution in [0, 0.1) is 12.7 Å². The van der Waals surface area contributed by atoms with E-state index in [0.717, 1.165) is 0 Å². The van der Waals surface area contributed by atoms with E-state index in [9.17, 15) is 14.0 Å². The Balaban J connectivity index is 1.69. The molecular formula is C19H21FN4O3. The molecule has 0 aliphatic carbocycles. The van der Waals surface area contributed by atoms with Crippen molar-refractivity contribution in [3.63, 3.8) is 0 Å². The number of aryl methyl sites for hydroxylation is 1. The number of rotatable bonds is 3. The van der Waals surface area contributed by atoms with Crippen LogP contribution in [-0.4, -0.2) is 64.6 Å². The molecule has 0 spiro atoms. The lowest BCUT2D eigenvalue weighted by molar-refractivity contribution is 0.0569. The number of halogens is 1. The second kappa shape index (κ2) is 8.11. The number of benzene rings is 1. The third-order valence-electron chi connectivity index (χ3n) is 4.41. The van der Waals surface area contributed by atoms with Crippen molar-refractivity contribution < 1.29 is 18.7 Å². The molecule has 142 valence electrons. The van der Waals surface area contributed by atoms with Crippen molar-refractivity contribution in [1.29, 1.82) is 0 Å². The lowest BCUT2D eigenvalue weighted by Crippen LogP contribution is -2.50. The largest absolute Gasteiger partial charge is 0.450 e. The van der Waals surface area contributed by atoms with Crippen LogP contribution in [0.4, 0.5) is 9.18 Å². The Morgan fingerprint density at radius 1 is 1.11 bits per heavy atom. The highest BCUT2D eigenvalue weighted by atomic mass is 19.1. The second-order valence-electron chi connectivity index (χ2n) is 6.18. The summed E-state index contributed by atoms with van der Waals surface area (Å²) in [5.41, 5.74) is 1.66. The number of carbonyl (C=O) groups excluding carboxylic acids is 2. The third-order valence-corrected chi connectivity index (χ3v) is 4.41. The molecular weight excluding hydrogens is 351 g/mol. The fraction of sp³-hybridized carbons (Fsp3) is 0.368. The van der Waals surface area contributed by atoms with Gasteiger partial charge in [0.25, 0.3) is 5.91 Å². The Hall–Kier alpha value is -3.03. The number of ether oxygens (including phenoxy) is 1. The predicted molar refractivity (Wildman–Crippen MR) is 96.7 cm³/mol. The van der Waals surface area contributed by atoms with Gasteiger partial charge in [-0.2, -0.15) is 0 Å². The van der Waals surface area contributed by atoms with E-state index >= 15 is 0 Å². The number of nitrogens with zero attached hydrogens (tertiary/aromatic N) is 4. The summed E-state index contributed by atoms with van der Waals surface area (Å²) in [5, 5.41) is 0. The van der Waals surface area contributed by atoms with Crippen molar-refractivity contribution in [2.75, 3.05) is 32.8 Å². The van der Waals surface area contributed by atoms with E-state index in [4.69, 9.17) is 4.74 Å². The van der Waals surface area contributed by atoms with Crippen LogP contribution in [-0.2, 0) is 4.74 Å². The van der Waals surface area contributed by atoms with Crippen molar-refractivity contribution in [3.8, 4) is 11.4 Å². The van der Waals surface area contributed by atoms with E-state index in [2.05, 4.69) is 9.97 Å². The molecule has 2 heterocycles. The van der Waals surface area contributed by atoms with Crippen molar-refractivity contribution in [1.82, 2.24) is 19.8 Å². The highest BCUT2D eigenvalue weighted by molar-refractivity contribution is 5.95. The SMILES string of the molecule is CCOC(=O)N1CCN(C(=O)c2cnc(-c3ccc(F)cc3)nc2C)CC1. The lowest BCUT2D eigenvalue weighted by atomic mass is 10.1. The molecule has 3 rings (SSSR count). The quantitative estimate of drug-likeness (QED) is 0.828. The minimum absolute atomic E-state index is 0.165. The summed E-state index contributed by atoms with van der Waals surface area (Å²) in [6.45, 7) is 5.55. The first kappa shape index (κ1) is 18.8. The average molecular weight is 372 g/mol.